The Morgan fingerprint density at radius 2 is 2.12 bits per heavy atom. The second-order valence-corrected chi connectivity index (χ2v) is 7.11. The second kappa shape index (κ2) is 4.26. The maximum atomic E-state index is 12.6. The van der Waals surface area contributed by atoms with E-state index in [1.807, 2.05) is 18.2 Å². The molecule has 5 rings (SSSR count). The normalized spacial score (nSPS) is 32.6. The van der Waals surface area contributed by atoms with E-state index in [0.29, 0.717) is 6.54 Å². The SMILES string of the molecule is CC(=O)C1=C(O)[C@@H]2[C@@H]3[C@@H](Cc4cccc5c4[C@H]3C(=O)N5)CN2C1=O. The molecular weight excluding hydrogens is 308 g/mol. The Morgan fingerprint density at radius 1 is 1.33 bits per heavy atom. The van der Waals surface area contributed by atoms with Crippen LogP contribution >= 0.6 is 0 Å². The van der Waals surface area contributed by atoms with Gasteiger partial charge >= 0.3 is 0 Å². The fourth-order valence-electron chi connectivity index (χ4n) is 5.14. The highest BCUT2D eigenvalue weighted by atomic mass is 16.3. The molecule has 1 aliphatic carbocycles. The zero-order chi connectivity index (χ0) is 16.7. The van der Waals surface area contributed by atoms with Crippen LogP contribution < -0.4 is 5.32 Å². The highest BCUT2D eigenvalue weighted by molar-refractivity contribution is 6.20. The number of nitrogens with one attached hydrogen (secondary N) is 1. The zero-order valence-corrected chi connectivity index (χ0v) is 13.1. The Balaban J connectivity index is 1.67. The summed E-state index contributed by atoms with van der Waals surface area (Å²) in [6.45, 7) is 1.77. The van der Waals surface area contributed by atoms with E-state index in [1.165, 1.54) is 6.92 Å². The van der Waals surface area contributed by atoms with Crippen molar-refractivity contribution in [3.63, 3.8) is 0 Å². The highest BCUT2D eigenvalue weighted by Crippen LogP contribution is 2.54. The first-order valence-electron chi connectivity index (χ1n) is 8.16. The van der Waals surface area contributed by atoms with Crippen molar-refractivity contribution >= 4 is 23.3 Å². The van der Waals surface area contributed by atoms with E-state index < -0.39 is 17.7 Å². The van der Waals surface area contributed by atoms with Gasteiger partial charge in [0, 0.05) is 18.2 Å². The van der Waals surface area contributed by atoms with Gasteiger partial charge in [-0.15, -0.1) is 0 Å². The van der Waals surface area contributed by atoms with E-state index in [9.17, 15) is 19.5 Å². The molecule has 3 heterocycles. The molecule has 6 heteroatoms. The van der Waals surface area contributed by atoms with Gasteiger partial charge in [-0.1, -0.05) is 12.1 Å². The van der Waals surface area contributed by atoms with Gasteiger partial charge in [-0.3, -0.25) is 14.4 Å². The van der Waals surface area contributed by atoms with Gasteiger partial charge in [-0.05, 0) is 36.5 Å². The number of aliphatic hydroxyl groups excluding tert-OH is 1. The van der Waals surface area contributed by atoms with Crippen molar-refractivity contribution in [1.82, 2.24) is 4.90 Å². The summed E-state index contributed by atoms with van der Waals surface area (Å²) in [4.78, 5) is 38.5. The van der Waals surface area contributed by atoms with E-state index in [2.05, 4.69) is 5.32 Å². The Morgan fingerprint density at radius 3 is 2.88 bits per heavy atom. The second-order valence-electron chi connectivity index (χ2n) is 7.11. The third kappa shape index (κ3) is 1.44. The van der Waals surface area contributed by atoms with Crippen molar-refractivity contribution in [2.24, 2.45) is 11.8 Å². The number of anilines is 1. The number of ketones is 1. The van der Waals surface area contributed by atoms with Gasteiger partial charge < -0.3 is 15.3 Å². The Kier molecular flexibility index (Phi) is 2.44. The van der Waals surface area contributed by atoms with Crippen molar-refractivity contribution in [2.45, 2.75) is 25.3 Å². The lowest BCUT2D eigenvalue weighted by Crippen LogP contribution is -2.38. The fraction of sp³-hybridized carbons (Fsp3) is 0.389. The minimum absolute atomic E-state index is 0.0782. The van der Waals surface area contributed by atoms with Crippen LogP contribution in [0.5, 0.6) is 0 Å². The number of fused-ring (bicyclic) bond motifs is 4. The summed E-state index contributed by atoms with van der Waals surface area (Å²) in [5.41, 5.74) is 2.86. The molecule has 1 saturated heterocycles. The summed E-state index contributed by atoms with van der Waals surface area (Å²) in [6.07, 6.45) is 0.780. The van der Waals surface area contributed by atoms with E-state index in [4.69, 9.17) is 0 Å². The minimum atomic E-state index is -0.559. The average Bonchev–Trinajstić information content (AvgIpc) is 3.12. The fourth-order valence-corrected chi connectivity index (χ4v) is 5.14. The van der Waals surface area contributed by atoms with E-state index in [1.54, 1.807) is 4.90 Å². The number of aliphatic hydroxyl groups is 1. The molecule has 0 aromatic heterocycles. The van der Waals surface area contributed by atoms with Crippen LogP contribution in [0.3, 0.4) is 0 Å². The highest BCUT2D eigenvalue weighted by Gasteiger charge is 2.59. The van der Waals surface area contributed by atoms with Crippen LogP contribution in [0.25, 0.3) is 0 Å². The lowest BCUT2D eigenvalue weighted by Gasteiger charge is -2.33. The van der Waals surface area contributed by atoms with Gasteiger partial charge in [0.2, 0.25) is 5.91 Å². The molecule has 2 N–H and O–H groups in total. The minimum Gasteiger partial charge on any atom is -0.509 e. The molecule has 1 aromatic carbocycles. The molecule has 0 spiro atoms. The summed E-state index contributed by atoms with van der Waals surface area (Å²) in [6, 6.07) is 5.30. The standard InChI is InChI=1S/C18H16N2O4/c1-7(21)11-16(22)15-13-9(6-20(15)18(11)24)5-8-3-2-4-10-12(8)14(13)17(23)19-10/h2-4,9,13-15,22H,5-6H2,1H3,(H,19,23)/t9-,13+,14+,15-/m0/s1. The van der Waals surface area contributed by atoms with E-state index in [0.717, 1.165) is 23.2 Å². The van der Waals surface area contributed by atoms with Crippen LogP contribution in [0.2, 0.25) is 0 Å². The molecule has 6 nitrogen and oxygen atoms in total. The van der Waals surface area contributed by atoms with Crippen LogP contribution in [0.4, 0.5) is 5.69 Å². The molecule has 122 valence electrons. The lowest BCUT2D eigenvalue weighted by atomic mass is 9.68. The van der Waals surface area contributed by atoms with Crippen LogP contribution in [-0.2, 0) is 20.8 Å². The van der Waals surface area contributed by atoms with Crippen LogP contribution in [0, 0.1) is 11.8 Å². The number of carbonyl (C=O) groups is 3. The molecule has 0 radical (unpaired) electrons. The molecule has 4 aliphatic rings. The number of benzene rings is 1. The van der Waals surface area contributed by atoms with Gasteiger partial charge in [0.05, 0.1) is 12.0 Å². The quantitative estimate of drug-likeness (QED) is 0.758. The number of hydrogen-bond acceptors (Lipinski definition) is 4. The third-order valence-electron chi connectivity index (χ3n) is 5.95. The van der Waals surface area contributed by atoms with Crippen LogP contribution in [-0.4, -0.2) is 40.2 Å². The maximum absolute atomic E-state index is 12.6. The maximum Gasteiger partial charge on any atom is 0.261 e. The number of nitrogens with zero attached hydrogens (tertiary/aromatic N) is 1. The smallest absolute Gasteiger partial charge is 0.261 e. The summed E-state index contributed by atoms with van der Waals surface area (Å²) in [5, 5.41) is 13.5. The average molecular weight is 324 g/mol. The predicted octanol–water partition coefficient (Wildman–Crippen LogP) is 1.14. The predicted molar refractivity (Wildman–Crippen MR) is 84.3 cm³/mol. The first-order valence-corrected chi connectivity index (χ1v) is 8.16. The monoisotopic (exact) mass is 324 g/mol. The van der Waals surface area contributed by atoms with Gasteiger partial charge in [0.1, 0.15) is 11.3 Å². The van der Waals surface area contributed by atoms with Crippen molar-refractivity contribution in [2.75, 3.05) is 11.9 Å². The molecule has 0 unspecified atom stereocenters. The van der Waals surface area contributed by atoms with Gasteiger partial charge in [0.25, 0.3) is 5.91 Å². The molecule has 1 aromatic rings. The number of rotatable bonds is 1. The molecule has 24 heavy (non-hydrogen) atoms. The summed E-state index contributed by atoms with van der Waals surface area (Å²) >= 11 is 0. The van der Waals surface area contributed by atoms with Gasteiger partial charge in [-0.25, -0.2) is 0 Å². The number of Topliss-reactive ketones (excluding diaryl/α,β-unsaturated/α-hetero) is 1. The molecule has 1 fully saturated rings. The van der Waals surface area contributed by atoms with Gasteiger partial charge in [0.15, 0.2) is 5.78 Å². The van der Waals surface area contributed by atoms with Crippen molar-refractivity contribution < 1.29 is 19.5 Å². The number of amides is 2. The lowest BCUT2D eigenvalue weighted by molar-refractivity contribution is -0.128. The Bertz CT molecular complexity index is 872. The van der Waals surface area contributed by atoms with Gasteiger partial charge in [-0.2, -0.15) is 0 Å². The number of carbonyl (C=O) groups excluding carboxylic acids is 3. The zero-order valence-electron chi connectivity index (χ0n) is 13.1. The molecule has 0 saturated carbocycles. The Labute approximate surface area is 138 Å². The van der Waals surface area contributed by atoms with E-state index in [-0.39, 0.29) is 35.0 Å². The topological polar surface area (TPSA) is 86.7 Å². The first kappa shape index (κ1) is 13.8. The molecule has 2 amide bonds. The molecule has 3 aliphatic heterocycles. The van der Waals surface area contributed by atoms with E-state index >= 15 is 0 Å². The summed E-state index contributed by atoms with van der Waals surface area (Å²) < 4.78 is 0. The largest absolute Gasteiger partial charge is 0.509 e. The van der Waals surface area contributed by atoms with Crippen molar-refractivity contribution in [3.8, 4) is 0 Å². The van der Waals surface area contributed by atoms with Crippen molar-refractivity contribution in [3.05, 3.63) is 40.7 Å². The summed E-state index contributed by atoms with van der Waals surface area (Å²) in [5.74, 6) is -1.48. The Hall–Kier alpha value is -2.63. The molecule has 4 atom stereocenters. The van der Waals surface area contributed by atoms with Crippen molar-refractivity contribution in [1.29, 1.82) is 0 Å². The first-order chi connectivity index (χ1) is 11.5. The third-order valence-corrected chi connectivity index (χ3v) is 5.95. The molecular formula is C18H16N2O4. The number of hydrogen-bond donors (Lipinski definition) is 2. The molecule has 0 bridgehead atoms. The van der Waals surface area contributed by atoms with Crippen LogP contribution in [0.1, 0.15) is 24.0 Å². The summed E-state index contributed by atoms with van der Waals surface area (Å²) in [7, 11) is 0. The van der Waals surface area contributed by atoms with Crippen LogP contribution in [0.15, 0.2) is 29.5 Å².